The number of hydrogen-bond donors (Lipinski definition) is 1. The number of carbonyl (C=O) groups excluding carboxylic acids is 1. The Balaban J connectivity index is 1.64. The number of ether oxygens (including phenoxy) is 1. The van der Waals surface area contributed by atoms with E-state index in [-0.39, 0.29) is 18.1 Å². The second kappa shape index (κ2) is 8.17. The molecule has 25 heavy (non-hydrogen) atoms. The first kappa shape index (κ1) is 17.5. The minimum absolute atomic E-state index is 0.0356. The summed E-state index contributed by atoms with van der Waals surface area (Å²) in [5.74, 6) is 0.961. The summed E-state index contributed by atoms with van der Waals surface area (Å²) in [4.78, 5) is 14.3. The third-order valence-corrected chi connectivity index (χ3v) is 4.61. The first-order valence-electron chi connectivity index (χ1n) is 8.97. The number of likely N-dealkylation sites (tertiary alicyclic amines) is 1. The van der Waals surface area contributed by atoms with Crippen LogP contribution in [0.5, 0.6) is 5.75 Å². The highest BCUT2D eigenvalue weighted by Gasteiger charge is 2.35. The molecule has 1 saturated heterocycles. The van der Waals surface area contributed by atoms with Gasteiger partial charge in [0.05, 0.1) is 6.04 Å². The van der Waals surface area contributed by atoms with Crippen molar-refractivity contribution in [3.63, 3.8) is 0 Å². The van der Waals surface area contributed by atoms with Gasteiger partial charge < -0.3 is 10.1 Å². The molecule has 3 rings (SSSR count). The molecule has 1 aliphatic heterocycles. The van der Waals surface area contributed by atoms with Gasteiger partial charge in [0.25, 0.3) is 0 Å². The molecule has 2 aromatic carbocycles. The lowest BCUT2D eigenvalue weighted by atomic mass is 10.1. The zero-order valence-corrected chi connectivity index (χ0v) is 14.9. The van der Waals surface area contributed by atoms with Gasteiger partial charge in [0.1, 0.15) is 11.9 Å². The molecule has 2 aromatic rings. The van der Waals surface area contributed by atoms with Gasteiger partial charge in [-0.25, -0.2) is 0 Å². The molecule has 0 aromatic heterocycles. The molecule has 0 spiro atoms. The predicted molar refractivity (Wildman–Crippen MR) is 101 cm³/mol. The number of carbonyl (C=O) groups is 1. The number of nitrogens with zero attached hydrogens (tertiary/aromatic N) is 1. The maximum Gasteiger partial charge on any atom is 0.237 e. The summed E-state index contributed by atoms with van der Waals surface area (Å²) in [5.41, 5.74) is 2.31. The van der Waals surface area contributed by atoms with E-state index in [1.54, 1.807) is 0 Å². The van der Waals surface area contributed by atoms with Gasteiger partial charge in [0, 0.05) is 19.5 Å². The summed E-state index contributed by atoms with van der Waals surface area (Å²) in [6.07, 6.45) is 1.71. The Labute approximate surface area is 149 Å². The van der Waals surface area contributed by atoms with E-state index in [9.17, 15) is 4.79 Å². The lowest BCUT2D eigenvalue weighted by Gasteiger charge is -2.17. The van der Waals surface area contributed by atoms with Gasteiger partial charge in [-0.1, -0.05) is 49.4 Å². The van der Waals surface area contributed by atoms with Crippen LogP contribution in [0, 0.1) is 0 Å². The highest BCUT2D eigenvalue weighted by Crippen LogP contribution is 2.26. The van der Waals surface area contributed by atoms with Crippen LogP contribution < -0.4 is 10.1 Å². The summed E-state index contributed by atoms with van der Waals surface area (Å²) in [6, 6.07) is 18.3. The van der Waals surface area contributed by atoms with Crippen molar-refractivity contribution in [2.75, 3.05) is 20.1 Å². The molecule has 2 atom stereocenters. The molecule has 1 aliphatic rings. The molecule has 1 N–H and O–H groups in total. The Morgan fingerprint density at radius 1 is 1.16 bits per heavy atom. The van der Waals surface area contributed by atoms with E-state index < -0.39 is 0 Å². The van der Waals surface area contributed by atoms with Gasteiger partial charge in [-0.05, 0) is 36.7 Å². The Kier molecular flexibility index (Phi) is 5.71. The van der Waals surface area contributed by atoms with Crippen molar-refractivity contribution in [2.24, 2.45) is 0 Å². The van der Waals surface area contributed by atoms with Gasteiger partial charge >= 0.3 is 0 Å². The zero-order chi connectivity index (χ0) is 17.6. The van der Waals surface area contributed by atoms with Gasteiger partial charge in [0.15, 0.2) is 0 Å². The van der Waals surface area contributed by atoms with Crippen LogP contribution >= 0.6 is 0 Å². The number of benzene rings is 2. The fourth-order valence-corrected chi connectivity index (χ4v) is 3.28. The minimum Gasteiger partial charge on any atom is -0.489 e. The van der Waals surface area contributed by atoms with Crippen LogP contribution in [0.25, 0.3) is 11.1 Å². The number of hydrogen-bond acceptors (Lipinski definition) is 3. The number of nitrogens with one attached hydrogen (secondary N) is 1. The quantitative estimate of drug-likeness (QED) is 0.878. The second-order valence-corrected chi connectivity index (χ2v) is 6.62. The number of likely N-dealkylation sites (N-methyl/N-ethyl adjacent to an activating group) is 1. The van der Waals surface area contributed by atoms with Crippen molar-refractivity contribution in [3.05, 3.63) is 54.6 Å². The lowest BCUT2D eigenvalue weighted by Crippen LogP contribution is -2.41. The highest BCUT2D eigenvalue weighted by molar-refractivity contribution is 5.82. The average Bonchev–Trinajstić information content (AvgIpc) is 3.01. The van der Waals surface area contributed by atoms with E-state index in [1.165, 1.54) is 5.56 Å². The molecule has 0 bridgehead atoms. The lowest BCUT2D eigenvalue weighted by molar-refractivity contribution is -0.125. The van der Waals surface area contributed by atoms with E-state index in [4.69, 9.17) is 4.74 Å². The smallest absolute Gasteiger partial charge is 0.237 e. The Hall–Kier alpha value is -2.33. The fraction of sp³-hybridized carbons (Fsp3) is 0.381. The molecule has 4 nitrogen and oxygen atoms in total. The molecule has 1 amide bonds. The van der Waals surface area contributed by atoms with Crippen LogP contribution in [-0.2, 0) is 4.79 Å². The van der Waals surface area contributed by atoms with Crippen molar-refractivity contribution >= 4 is 5.91 Å². The fourth-order valence-electron chi connectivity index (χ4n) is 3.28. The van der Waals surface area contributed by atoms with Crippen molar-refractivity contribution in [2.45, 2.75) is 31.9 Å². The van der Waals surface area contributed by atoms with Gasteiger partial charge in [-0.3, -0.25) is 9.69 Å². The molecular formula is C21H26N2O2. The summed E-state index contributed by atoms with van der Waals surface area (Å²) in [5, 5.41) is 2.98. The van der Waals surface area contributed by atoms with Crippen LogP contribution in [-0.4, -0.2) is 43.1 Å². The summed E-state index contributed by atoms with van der Waals surface area (Å²) in [7, 11) is 1.99. The maximum absolute atomic E-state index is 12.2. The third-order valence-electron chi connectivity index (χ3n) is 4.61. The van der Waals surface area contributed by atoms with Crippen molar-refractivity contribution in [1.29, 1.82) is 0 Å². The predicted octanol–water partition coefficient (Wildman–Crippen LogP) is 3.33. The third kappa shape index (κ3) is 4.40. The molecule has 1 fully saturated rings. The summed E-state index contributed by atoms with van der Waals surface area (Å²) in [6.45, 7) is 3.55. The van der Waals surface area contributed by atoms with Crippen molar-refractivity contribution in [3.8, 4) is 16.9 Å². The normalized spacial score (nSPS) is 20.4. The number of rotatable bonds is 6. The SMILES string of the molecule is CCCNC(=O)C1CC(Oc2cccc(-c3ccccc3)c2)CN1C. The summed E-state index contributed by atoms with van der Waals surface area (Å²) < 4.78 is 6.17. The van der Waals surface area contributed by atoms with E-state index in [0.717, 1.165) is 37.2 Å². The van der Waals surface area contributed by atoms with E-state index in [1.807, 2.05) is 37.4 Å². The summed E-state index contributed by atoms with van der Waals surface area (Å²) >= 11 is 0. The monoisotopic (exact) mass is 338 g/mol. The van der Waals surface area contributed by atoms with Gasteiger partial charge in [-0.2, -0.15) is 0 Å². The van der Waals surface area contributed by atoms with Gasteiger partial charge in [-0.15, -0.1) is 0 Å². The van der Waals surface area contributed by atoms with E-state index in [2.05, 4.69) is 41.4 Å². The number of amides is 1. The first-order valence-corrected chi connectivity index (χ1v) is 8.97. The van der Waals surface area contributed by atoms with Crippen LogP contribution in [0.4, 0.5) is 0 Å². The maximum atomic E-state index is 12.2. The molecule has 0 radical (unpaired) electrons. The van der Waals surface area contributed by atoms with Crippen molar-refractivity contribution in [1.82, 2.24) is 10.2 Å². The first-order chi connectivity index (χ1) is 12.2. The topological polar surface area (TPSA) is 41.6 Å². The Morgan fingerprint density at radius 3 is 2.68 bits per heavy atom. The molecule has 0 saturated carbocycles. The van der Waals surface area contributed by atoms with Crippen LogP contribution in [0.15, 0.2) is 54.6 Å². The van der Waals surface area contributed by atoms with E-state index in [0.29, 0.717) is 0 Å². The molecule has 1 heterocycles. The highest BCUT2D eigenvalue weighted by atomic mass is 16.5. The minimum atomic E-state index is -0.103. The van der Waals surface area contributed by atoms with Crippen LogP contribution in [0.3, 0.4) is 0 Å². The molecular weight excluding hydrogens is 312 g/mol. The largest absolute Gasteiger partial charge is 0.489 e. The average molecular weight is 338 g/mol. The van der Waals surface area contributed by atoms with Crippen LogP contribution in [0.2, 0.25) is 0 Å². The van der Waals surface area contributed by atoms with Crippen molar-refractivity contribution < 1.29 is 9.53 Å². The Morgan fingerprint density at radius 2 is 1.92 bits per heavy atom. The second-order valence-electron chi connectivity index (χ2n) is 6.62. The molecule has 4 heteroatoms. The Bertz CT molecular complexity index is 702. The standard InChI is InChI=1S/C21H26N2O2/c1-3-12-22-21(24)20-14-19(15-23(20)2)25-18-11-7-10-17(13-18)16-8-5-4-6-9-16/h4-11,13,19-20H,3,12,14-15H2,1-2H3,(H,22,24). The van der Waals surface area contributed by atoms with Crippen LogP contribution in [0.1, 0.15) is 19.8 Å². The van der Waals surface area contributed by atoms with Gasteiger partial charge in [0.2, 0.25) is 5.91 Å². The molecule has 132 valence electrons. The zero-order valence-electron chi connectivity index (χ0n) is 14.9. The molecule has 0 aliphatic carbocycles. The molecule has 2 unspecified atom stereocenters. The van der Waals surface area contributed by atoms with E-state index >= 15 is 0 Å².